The lowest BCUT2D eigenvalue weighted by atomic mass is 10.1. The van der Waals surface area contributed by atoms with E-state index in [1.165, 1.54) is 6.26 Å². The number of furan rings is 1. The van der Waals surface area contributed by atoms with Gasteiger partial charge in [-0.3, -0.25) is 14.8 Å². The Labute approximate surface area is 184 Å². The monoisotopic (exact) mass is 451 g/mol. The van der Waals surface area contributed by atoms with Crippen molar-refractivity contribution in [1.29, 1.82) is 0 Å². The van der Waals surface area contributed by atoms with Crippen LogP contribution in [0.5, 0.6) is 0 Å². The summed E-state index contributed by atoms with van der Waals surface area (Å²) in [6, 6.07) is 8.26. The fourth-order valence-corrected chi connectivity index (χ4v) is 4.19. The molecule has 5 rings (SSSR count). The molecule has 0 unspecified atom stereocenters. The van der Waals surface area contributed by atoms with Crippen molar-refractivity contribution in [2.24, 2.45) is 7.05 Å². The number of rotatable bonds is 4. The molecule has 0 spiro atoms. The molecule has 32 heavy (non-hydrogen) atoms. The van der Waals surface area contributed by atoms with Gasteiger partial charge in [-0.1, -0.05) is 0 Å². The van der Waals surface area contributed by atoms with Crippen molar-refractivity contribution in [3.05, 3.63) is 70.9 Å². The number of anilines is 1. The quantitative estimate of drug-likeness (QED) is 0.406. The zero-order valence-electron chi connectivity index (χ0n) is 16.9. The first-order valence-corrected chi connectivity index (χ1v) is 10.4. The van der Waals surface area contributed by atoms with Crippen LogP contribution in [0.1, 0.15) is 16.1 Å². The van der Waals surface area contributed by atoms with E-state index >= 15 is 0 Å². The molecule has 0 saturated heterocycles. The number of hydrogen-bond acceptors (Lipinski definition) is 6. The normalized spacial score (nSPS) is 11.2. The third-order valence-corrected chi connectivity index (χ3v) is 5.67. The smallest absolute Gasteiger partial charge is 0.258 e. The van der Waals surface area contributed by atoms with Crippen LogP contribution in [-0.4, -0.2) is 25.7 Å². The molecule has 4 aromatic heterocycles. The van der Waals surface area contributed by atoms with Crippen LogP contribution >= 0.6 is 11.3 Å². The maximum atomic E-state index is 14.1. The van der Waals surface area contributed by atoms with Crippen molar-refractivity contribution in [3.63, 3.8) is 0 Å². The van der Waals surface area contributed by atoms with Gasteiger partial charge in [-0.25, -0.2) is 18.7 Å². The van der Waals surface area contributed by atoms with Crippen LogP contribution in [0.25, 0.3) is 33.7 Å². The van der Waals surface area contributed by atoms with Crippen molar-refractivity contribution in [3.8, 4) is 22.7 Å². The summed E-state index contributed by atoms with van der Waals surface area (Å²) in [6.45, 7) is 1.79. The molecular weight excluding hydrogens is 436 g/mol. The largest absolute Gasteiger partial charge is 0.463 e. The molecule has 10 heteroatoms. The second-order valence-electron chi connectivity index (χ2n) is 7.06. The number of nitrogens with one attached hydrogen (secondary N) is 1. The van der Waals surface area contributed by atoms with E-state index < -0.39 is 17.5 Å². The van der Waals surface area contributed by atoms with Crippen LogP contribution in [-0.2, 0) is 7.05 Å². The topological polar surface area (TPSA) is 85.8 Å². The Hall–Kier alpha value is -3.92. The first-order valence-electron chi connectivity index (χ1n) is 9.51. The molecular formula is C22H15F2N5O2S. The number of halogens is 2. The van der Waals surface area contributed by atoms with Crippen molar-refractivity contribution >= 4 is 33.4 Å². The van der Waals surface area contributed by atoms with E-state index in [-0.39, 0.29) is 16.4 Å². The van der Waals surface area contributed by atoms with E-state index in [0.717, 1.165) is 29.5 Å². The molecule has 0 fully saturated rings. The van der Waals surface area contributed by atoms with E-state index in [9.17, 15) is 13.6 Å². The summed E-state index contributed by atoms with van der Waals surface area (Å²) >= 11 is 1.11. The average molecular weight is 451 g/mol. The molecule has 5 aromatic rings. The van der Waals surface area contributed by atoms with Crippen LogP contribution in [0.2, 0.25) is 0 Å². The highest BCUT2D eigenvalue weighted by Crippen LogP contribution is 2.30. The maximum absolute atomic E-state index is 14.1. The van der Waals surface area contributed by atoms with Crippen LogP contribution in [0.3, 0.4) is 0 Å². The standard InChI is InChI=1S/C22H15F2N5O2S/c1-11-19-14(9-16(18-4-3-7-31-18)25-20(19)29(2)28-11)21(30)27-22-26-17(10-32-22)13-8-12(23)5-6-15(13)24/h3-10H,1-2H3,(H,26,27,30). The summed E-state index contributed by atoms with van der Waals surface area (Å²) in [5, 5.41) is 9.53. The van der Waals surface area contributed by atoms with Gasteiger partial charge in [0.25, 0.3) is 5.91 Å². The molecule has 4 heterocycles. The minimum Gasteiger partial charge on any atom is -0.463 e. The van der Waals surface area contributed by atoms with Crippen LogP contribution in [0.15, 0.2) is 52.5 Å². The lowest BCUT2D eigenvalue weighted by molar-refractivity contribution is 0.102. The summed E-state index contributed by atoms with van der Waals surface area (Å²) in [5.74, 6) is -1.09. The Morgan fingerprint density at radius 2 is 2.00 bits per heavy atom. The van der Waals surface area contributed by atoms with Gasteiger partial charge in [0, 0.05) is 18.0 Å². The molecule has 0 aliphatic carbocycles. The number of fused-ring (bicyclic) bond motifs is 1. The number of aryl methyl sites for hydroxylation is 2. The van der Waals surface area contributed by atoms with E-state index in [1.54, 1.807) is 42.2 Å². The van der Waals surface area contributed by atoms with E-state index in [4.69, 9.17) is 4.42 Å². The number of benzene rings is 1. The predicted octanol–water partition coefficient (Wildman–Crippen LogP) is 5.19. The van der Waals surface area contributed by atoms with Gasteiger partial charge in [0.15, 0.2) is 16.5 Å². The molecule has 0 atom stereocenters. The Morgan fingerprint density at radius 1 is 1.16 bits per heavy atom. The van der Waals surface area contributed by atoms with Gasteiger partial charge in [-0.2, -0.15) is 5.10 Å². The Bertz CT molecular complexity index is 1470. The SMILES string of the molecule is Cc1nn(C)c2nc(-c3ccco3)cc(C(=O)Nc3nc(-c4cc(F)ccc4F)cs3)c12. The zero-order chi connectivity index (χ0) is 22.4. The molecule has 1 N–H and O–H groups in total. The molecule has 0 saturated carbocycles. The second-order valence-corrected chi connectivity index (χ2v) is 7.91. The first kappa shape index (κ1) is 20.0. The van der Waals surface area contributed by atoms with Gasteiger partial charge in [-0.05, 0) is 43.3 Å². The molecule has 1 aromatic carbocycles. The van der Waals surface area contributed by atoms with Gasteiger partial charge in [-0.15, -0.1) is 11.3 Å². The van der Waals surface area contributed by atoms with Crippen molar-refractivity contribution < 1.29 is 18.0 Å². The molecule has 1 amide bonds. The number of carbonyl (C=O) groups excluding carboxylic acids is 1. The van der Waals surface area contributed by atoms with Gasteiger partial charge in [0.1, 0.15) is 17.3 Å². The number of amides is 1. The van der Waals surface area contributed by atoms with Gasteiger partial charge < -0.3 is 4.42 Å². The van der Waals surface area contributed by atoms with Gasteiger partial charge >= 0.3 is 0 Å². The average Bonchev–Trinajstić information content (AvgIpc) is 3.51. The van der Waals surface area contributed by atoms with Crippen LogP contribution < -0.4 is 5.32 Å². The first-order chi connectivity index (χ1) is 15.4. The van der Waals surface area contributed by atoms with Gasteiger partial charge in [0.05, 0.1) is 28.6 Å². The van der Waals surface area contributed by atoms with E-state index in [1.807, 2.05) is 0 Å². The maximum Gasteiger partial charge on any atom is 0.258 e. The summed E-state index contributed by atoms with van der Waals surface area (Å²) in [7, 11) is 1.75. The second kappa shape index (κ2) is 7.65. The minimum absolute atomic E-state index is 0.0243. The lowest BCUT2D eigenvalue weighted by Gasteiger charge is -2.07. The number of aromatic nitrogens is 4. The Balaban J connectivity index is 1.53. The molecule has 0 radical (unpaired) electrons. The number of carbonyl (C=O) groups is 1. The summed E-state index contributed by atoms with van der Waals surface area (Å²) in [5.41, 5.74) is 2.27. The highest BCUT2D eigenvalue weighted by molar-refractivity contribution is 7.14. The van der Waals surface area contributed by atoms with Crippen LogP contribution in [0.4, 0.5) is 13.9 Å². The third kappa shape index (κ3) is 3.44. The predicted molar refractivity (Wildman–Crippen MR) is 116 cm³/mol. The number of nitrogens with zero attached hydrogens (tertiary/aromatic N) is 4. The zero-order valence-corrected chi connectivity index (χ0v) is 17.7. The molecule has 160 valence electrons. The minimum atomic E-state index is -0.598. The molecule has 7 nitrogen and oxygen atoms in total. The van der Waals surface area contributed by atoms with Crippen LogP contribution in [0, 0.1) is 18.6 Å². The fourth-order valence-electron chi connectivity index (χ4n) is 3.49. The molecule has 0 bridgehead atoms. The van der Waals surface area contributed by atoms with E-state index in [2.05, 4.69) is 20.4 Å². The van der Waals surface area contributed by atoms with Crippen molar-refractivity contribution in [1.82, 2.24) is 19.7 Å². The number of pyridine rings is 1. The highest BCUT2D eigenvalue weighted by Gasteiger charge is 2.21. The number of thiazole rings is 1. The Kier molecular flexibility index (Phi) is 4.78. The van der Waals surface area contributed by atoms with E-state index in [0.29, 0.717) is 33.7 Å². The number of hydrogen-bond donors (Lipinski definition) is 1. The molecule has 0 aliphatic rings. The fraction of sp³-hybridized carbons (Fsp3) is 0.0909. The summed E-state index contributed by atoms with van der Waals surface area (Å²) < 4.78 is 34.6. The summed E-state index contributed by atoms with van der Waals surface area (Å²) in [4.78, 5) is 22.0. The van der Waals surface area contributed by atoms with Gasteiger partial charge in [0.2, 0.25) is 0 Å². The third-order valence-electron chi connectivity index (χ3n) is 4.92. The molecule has 0 aliphatic heterocycles. The summed E-state index contributed by atoms with van der Waals surface area (Å²) in [6.07, 6.45) is 1.53. The van der Waals surface area contributed by atoms with Crippen molar-refractivity contribution in [2.75, 3.05) is 5.32 Å². The lowest BCUT2D eigenvalue weighted by Crippen LogP contribution is -2.13. The Morgan fingerprint density at radius 3 is 2.78 bits per heavy atom. The van der Waals surface area contributed by atoms with Crippen molar-refractivity contribution in [2.45, 2.75) is 6.92 Å². The highest BCUT2D eigenvalue weighted by atomic mass is 32.1.